The Labute approximate surface area is 131 Å². The predicted molar refractivity (Wildman–Crippen MR) is 85.9 cm³/mol. The van der Waals surface area contributed by atoms with Crippen LogP contribution in [0.25, 0.3) is 0 Å². The lowest BCUT2D eigenvalue weighted by Crippen LogP contribution is -2.43. The number of amides is 1. The fraction of sp³-hybridized carbons (Fsp3) is 0.533. The number of piperidine rings is 1. The molecule has 0 aliphatic carbocycles. The van der Waals surface area contributed by atoms with Gasteiger partial charge in [-0.05, 0) is 44.0 Å². The van der Waals surface area contributed by atoms with Crippen LogP contribution in [0.4, 0.5) is 5.69 Å². The molecule has 6 nitrogen and oxygen atoms in total. The number of carbonyl (C=O) groups is 1. The Morgan fingerprint density at radius 2 is 2.18 bits per heavy atom. The van der Waals surface area contributed by atoms with E-state index in [4.69, 9.17) is 5.14 Å². The van der Waals surface area contributed by atoms with Crippen LogP contribution in [-0.2, 0) is 14.8 Å². The first kappa shape index (κ1) is 16.9. The molecule has 1 fully saturated rings. The number of hydrogen-bond donors (Lipinski definition) is 2. The topological polar surface area (TPSA) is 92.5 Å². The smallest absolute Gasteiger partial charge is 0.238 e. The van der Waals surface area contributed by atoms with Gasteiger partial charge in [-0.25, -0.2) is 13.6 Å². The molecule has 2 rings (SSSR count). The normalized spacial score (nSPS) is 19.8. The van der Waals surface area contributed by atoms with E-state index in [2.05, 4.69) is 17.1 Å². The second-order valence-corrected chi connectivity index (χ2v) is 7.21. The predicted octanol–water partition coefficient (Wildman–Crippen LogP) is 1.54. The molecule has 122 valence electrons. The summed E-state index contributed by atoms with van der Waals surface area (Å²) >= 11 is 0. The zero-order chi connectivity index (χ0) is 16.2. The molecule has 1 aliphatic rings. The molecule has 1 aromatic rings. The quantitative estimate of drug-likeness (QED) is 0.859. The molecular weight excluding hydrogens is 302 g/mol. The van der Waals surface area contributed by atoms with E-state index in [1.807, 2.05) is 0 Å². The van der Waals surface area contributed by atoms with Gasteiger partial charge in [-0.3, -0.25) is 9.69 Å². The highest BCUT2D eigenvalue weighted by atomic mass is 32.2. The number of nitrogens with one attached hydrogen (secondary N) is 1. The standard InChI is InChI=1S/C15H23N3O3S/c1-2-13-7-3-4-9-18(13)11-15(19)17-12-6-5-8-14(10-12)22(16,20)21/h5-6,8,10,13H,2-4,7,9,11H2,1H3,(H,17,19)(H2,16,20,21)/t13-/m1/s1. The molecule has 0 saturated carbocycles. The van der Waals surface area contributed by atoms with Crippen LogP contribution in [0.3, 0.4) is 0 Å². The second-order valence-electron chi connectivity index (χ2n) is 5.65. The van der Waals surface area contributed by atoms with Gasteiger partial charge in [0.1, 0.15) is 0 Å². The van der Waals surface area contributed by atoms with Crippen LogP contribution in [0.15, 0.2) is 29.2 Å². The van der Waals surface area contributed by atoms with Crippen molar-refractivity contribution in [1.82, 2.24) is 4.90 Å². The largest absolute Gasteiger partial charge is 0.325 e. The van der Waals surface area contributed by atoms with E-state index in [1.165, 1.54) is 18.6 Å². The molecule has 1 atom stereocenters. The minimum atomic E-state index is -3.76. The number of sulfonamides is 1. The van der Waals surface area contributed by atoms with Gasteiger partial charge < -0.3 is 5.32 Å². The highest BCUT2D eigenvalue weighted by molar-refractivity contribution is 7.89. The van der Waals surface area contributed by atoms with Crippen molar-refractivity contribution < 1.29 is 13.2 Å². The van der Waals surface area contributed by atoms with Crippen molar-refractivity contribution in [2.24, 2.45) is 5.14 Å². The lowest BCUT2D eigenvalue weighted by molar-refractivity contribution is -0.118. The molecule has 1 amide bonds. The number of rotatable bonds is 5. The van der Waals surface area contributed by atoms with Gasteiger partial charge in [0.05, 0.1) is 11.4 Å². The summed E-state index contributed by atoms with van der Waals surface area (Å²) in [6.07, 6.45) is 4.50. The molecule has 7 heteroatoms. The van der Waals surface area contributed by atoms with E-state index >= 15 is 0 Å². The summed E-state index contributed by atoms with van der Waals surface area (Å²) in [6, 6.07) is 6.45. The van der Waals surface area contributed by atoms with Crippen LogP contribution in [-0.4, -0.2) is 38.4 Å². The van der Waals surface area contributed by atoms with Crippen molar-refractivity contribution in [3.8, 4) is 0 Å². The van der Waals surface area contributed by atoms with E-state index in [1.54, 1.807) is 12.1 Å². The first-order valence-electron chi connectivity index (χ1n) is 7.57. The monoisotopic (exact) mass is 325 g/mol. The van der Waals surface area contributed by atoms with Gasteiger partial charge in [0.15, 0.2) is 0 Å². The van der Waals surface area contributed by atoms with Gasteiger partial charge in [0.2, 0.25) is 15.9 Å². The van der Waals surface area contributed by atoms with Crippen molar-refractivity contribution in [3.63, 3.8) is 0 Å². The molecule has 1 heterocycles. The van der Waals surface area contributed by atoms with Gasteiger partial charge in [0.25, 0.3) is 0 Å². The van der Waals surface area contributed by atoms with Crippen LogP contribution >= 0.6 is 0 Å². The number of benzene rings is 1. The van der Waals surface area contributed by atoms with E-state index in [0.29, 0.717) is 18.3 Å². The van der Waals surface area contributed by atoms with Crippen LogP contribution in [0.1, 0.15) is 32.6 Å². The minimum Gasteiger partial charge on any atom is -0.325 e. The van der Waals surface area contributed by atoms with Gasteiger partial charge in [-0.2, -0.15) is 0 Å². The van der Waals surface area contributed by atoms with Crippen molar-refractivity contribution in [1.29, 1.82) is 0 Å². The summed E-state index contributed by atoms with van der Waals surface area (Å²) in [5.74, 6) is -0.132. The zero-order valence-electron chi connectivity index (χ0n) is 12.8. The average molecular weight is 325 g/mol. The summed E-state index contributed by atoms with van der Waals surface area (Å²) in [5, 5.41) is 7.84. The number of primary sulfonamides is 1. The van der Waals surface area contributed by atoms with E-state index in [9.17, 15) is 13.2 Å². The molecule has 0 spiro atoms. The number of likely N-dealkylation sites (tertiary alicyclic amines) is 1. The Morgan fingerprint density at radius 3 is 2.86 bits per heavy atom. The maximum absolute atomic E-state index is 12.2. The SMILES string of the molecule is CC[C@@H]1CCCCN1CC(=O)Nc1cccc(S(N)(=O)=O)c1. The lowest BCUT2D eigenvalue weighted by Gasteiger charge is -2.34. The molecule has 1 saturated heterocycles. The van der Waals surface area contributed by atoms with E-state index in [0.717, 1.165) is 25.8 Å². The Bertz CT molecular complexity index is 631. The molecule has 0 radical (unpaired) electrons. The molecule has 0 bridgehead atoms. The Balaban J connectivity index is 2.00. The first-order chi connectivity index (χ1) is 10.4. The summed E-state index contributed by atoms with van der Waals surface area (Å²) in [4.78, 5) is 14.4. The van der Waals surface area contributed by atoms with Gasteiger partial charge >= 0.3 is 0 Å². The van der Waals surface area contributed by atoms with Crippen LogP contribution in [0.2, 0.25) is 0 Å². The van der Waals surface area contributed by atoms with Gasteiger partial charge in [-0.15, -0.1) is 0 Å². The molecule has 22 heavy (non-hydrogen) atoms. The number of nitrogens with zero attached hydrogens (tertiary/aromatic N) is 1. The second kappa shape index (κ2) is 7.21. The van der Waals surface area contributed by atoms with Gasteiger partial charge in [0, 0.05) is 11.7 Å². The summed E-state index contributed by atoms with van der Waals surface area (Å²) in [5.41, 5.74) is 0.446. The molecule has 3 N–H and O–H groups in total. The molecular formula is C15H23N3O3S. The Morgan fingerprint density at radius 1 is 1.41 bits per heavy atom. The fourth-order valence-electron chi connectivity index (χ4n) is 2.87. The number of nitrogens with two attached hydrogens (primary N) is 1. The highest BCUT2D eigenvalue weighted by Gasteiger charge is 2.22. The minimum absolute atomic E-state index is 0.00490. The number of anilines is 1. The third kappa shape index (κ3) is 4.53. The van der Waals surface area contributed by atoms with Crippen LogP contribution in [0.5, 0.6) is 0 Å². The number of hydrogen-bond acceptors (Lipinski definition) is 4. The van der Waals surface area contributed by atoms with E-state index < -0.39 is 10.0 Å². The van der Waals surface area contributed by atoms with Crippen LogP contribution < -0.4 is 10.5 Å². The van der Waals surface area contributed by atoms with Gasteiger partial charge in [-0.1, -0.05) is 19.4 Å². The maximum atomic E-state index is 12.2. The highest BCUT2D eigenvalue weighted by Crippen LogP contribution is 2.19. The molecule has 1 aromatic carbocycles. The van der Waals surface area contributed by atoms with Crippen LogP contribution in [0, 0.1) is 0 Å². The molecule has 0 unspecified atom stereocenters. The van der Waals surface area contributed by atoms with E-state index in [-0.39, 0.29) is 10.8 Å². The number of carbonyl (C=O) groups excluding carboxylic acids is 1. The summed E-state index contributed by atoms with van der Waals surface area (Å²) < 4.78 is 22.7. The maximum Gasteiger partial charge on any atom is 0.238 e. The third-order valence-electron chi connectivity index (χ3n) is 4.01. The molecule has 1 aliphatic heterocycles. The van der Waals surface area contributed by atoms with Crippen molar-refractivity contribution in [2.45, 2.75) is 43.5 Å². The third-order valence-corrected chi connectivity index (χ3v) is 4.92. The average Bonchev–Trinajstić information content (AvgIpc) is 2.47. The van der Waals surface area contributed by atoms with Crippen molar-refractivity contribution in [2.75, 3.05) is 18.4 Å². The lowest BCUT2D eigenvalue weighted by atomic mass is 10.00. The molecule has 0 aromatic heterocycles. The zero-order valence-corrected chi connectivity index (χ0v) is 13.6. The van der Waals surface area contributed by atoms with Crippen molar-refractivity contribution >= 4 is 21.6 Å². The Kier molecular flexibility index (Phi) is 5.55. The van der Waals surface area contributed by atoms with Crippen molar-refractivity contribution in [3.05, 3.63) is 24.3 Å². The summed E-state index contributed by atoms with van der Waals surface area (Å²) in [7, 11) is -3.76. The Hall–Kier alpha value is -1.44. The first-order valence-corrected chi connectivity index (χ1v) is 9.11. The summed E-state index contributed by atoms with van der Waals surface area (Å²) in [6.45, 7) is 3.40. The fourth-order valence-corrected chi connectivity index (χ4v) is 3.43.